The van der Waals surface area contributed by atoms with Crippen LogP contribution in [-0.4, -0.2) is 87.1 Å². The number of carbonyl (C=O) groups excluding carboxylic acids is 4. The molecular formula is C75H84N10O4. The molecule has 4 aromatic carbocycles. The summed E-state index contributed by atoms with van der Waals surface area (Å²) < 4.78 is 1.98. The fourth-order valence-corrected chi connectivity index (χ4v) is 13.3. The average molecular weight is 1190 g/mol. The lowest BCUT2D eigenvalue weighted by atomic mass is 9.94. The number of nitrogens with zero attached hydrogens (tertiary/aromatic N) is 6. The quantitative estimate of drug-likeness (QED) is 0.0661. The summed E-state index contributed by atoms with van der Waals surface area (Å²) in [7, 11) is 0. The molecule has 4 N–H and O–H groups in total. The van der Waals surface area contributed by atoms with Crippen molar-refractivity contribution in [3.8, 4) is 22.3 Å². The molecule has 0 atom stereocenters. The molecule has 0 saturated carbocycles. The van der Waals surface area contributed by atoms with E-state index in [1.165, 1.54) is 0 Å². The number of anilines is 2. The van der Waals surface area contributed by atoms with Gasteiger partial charge < -0.3 is 35.0 Å². The summed E-state index contributed by atoms with van der Waals surface area (Å²) in [5, 5.41) is 6.62. The predicted molar refractivity (Wildman–Crippen MR) is 364 cm³/mol. The summed E-state index contributed by atoms with van der Waals surface area (Å²) >= 11 is 0. The molecule has 2 aliphatic heterocycles. The minimum atomic E-state index is -0.472. The number of fused-ring (bicyclic) bond motifs is 8. The van der Waals surface area contributed by atoms with Gasteiger partial charge in [0.15, 0.2) is 0 Å². The molecule has 89 heavy (non-hydrogen) atoms. The Morgan fingerprint density at radius 3 is 1.56 bits per heavy atom. The van der Waals surface area contributed by atoms with Crippen molar-refractivity contribution in [1.82, 2.24) is 39.3 Å². The zero-order valence-electron chi connectivity index (χ0n) is 54.3. The first-order valence-electron chi connectivity index (χ1n) is 31.5. The average Bonchev–Trinajstić information content (AvgIpc) is 1.63. The Balaban J connectivity index is 1.19. The maximum atomic E-state index is 15.2. The minimum absolute atomic E-state index is 0.135. The number of aromatic amines is 2. The normalized spacial score (nSPS) is 12.5. The van der Waals surface area contributed by atoms with Gasteiger partial charge in [-0.05, 0) is 207 Å². The molecule has 14 nitrogen and oxygen atoms in total. The van der Waals surface area contributed by atoms with Gasteiger partial charge in [0.05, 0.1) is 34.6 Å². The van der Waals surface area contributed by atoms with Crippen LogP contribution in [0.1, 0.15) is 196 Å². The van der Waals surface area contributed by atoms with Gasteiger partial charge >= 0.3 is 0 Å². The lowest BCUT2D eigenvalue weighted by molar-refractivity contribution is 0.0643. The van der Waals surface area contributed by atoms with Crippen LogP contribution in [0.15, 0.2) is 128 Å². The number of amides is 4. The largest absolute Gasteiger partial charge is 0.355 e. The number of imidazole rings is 1. The van der Waals surface area contributed by atoms with Crippen LogP contribution in [0.4, 0.5) is 11.4 Å². The molecule has 458 valence electrons. The Labute approximate surface area is 523 Å². The molecule has 8 bridgehead atoms. The summed E-state index contributed by atoms with van der Waals surface area (Å²) in [6.07, 6.45) is 8.25. The van der Waals surface area contributed by atoms with Crippen molar-refractivity contribution in [2.45, 2.75) is 160 Å². The molecule has 0 aliphatic carbocycles. The molecule has 0 saturated heterocycles. The number of hydrogen-bond acceptors (Lipinski definition) is 7. The van der Waals surface area contributed by atoms with Crippen LogP contribution in [0.25, 0.3) is 66.6 Å². The van der Waals surface area contributed by atoms with Gasteiger partial charge in [-0.15, -0.1) is 0 Å². The van der Waals surface area contributed by atoms with Crippen LogP contribution in [-0.2, 0) is 19.4 Å². The third-order valence-electron chi connectivity index (χ3n) is 17.4. The summed E-state index contributed by atoms with van der Waals surface area (Å²) in [4.78, 5) is 85.6. The van der Waals surface area contributed by atoms with E-state index in [2.05, 4.69) is 98.3 Å². The second kappa shape index (κ2) is 26.1. The zero-order chi connectivity index (χ0) is 63.7. The van der Waals surface area contributed by atoms with Gasteiger partial charge in [0.1, 0.15) is 0 Å². The second-order valence-electron chi connectivity index (χ2n) is 24.5. The van der Waals surface area contributed by atoms with Gasteiger partial charge in [-0.2, -0.15) is 0 Å². The van der Waals surface area contributed by atoms with Gasteiger partial charge in [-0.1, -0.05) is 76.2 Å². The second-order valence-corrected chi connectivity index (χ2v) is 24.5. The van der Waals surface area contributed by atoms with Crippen LogP contribution in [0.3, 0.4) is 0 Å². The van der Waals surface area contributed by atoms with Crippen molar-refractivity contribution >= 4 is 79.4 Å². The van der Waals surface area contributed by atoms with E-state index >= 15 is 4.79 Å². The van der Waals surface area contributed by atoms with E-state index in [0.29, 0.717) is 42.7 Å². The fourth-order valence-electron chi connectivity index (χ4n) is 13.3. The van der Waals surface area contributed by atoms with Crippen molar-refractivity contribution in [3.05, 3.63) is 195 Å². The highest BCUT2D eigenvalue weighted by atomic mass is 16.2. The van der Waals surface area contributed by atoms with E-state index in [1.54, 1.807) is 40.5 Å². The van der Waals surface area contributed by atoms with Gasteiger partial charge in [0, 0.05) is 116 Å². The van der Waals surface area contributed by atoms with E-state index < -0.39 is 5.91 Å². The number of allylic oxidation sites excluding steroid dienone is 4. The van der Waals surface area contributed by atoms with Gasteiger partial charge in [0.2, 0.25) is 0 Å². The molecule has 0 unspecified atom stereocenters. The number of para-hydroxylation sites is 2. The van der Waals surface area contributed by atoms with Crippen LogP contribution < -0.4 is 10.6 Å². The Morgan fingerprint density at radius 1 is 0.528 bits per heavy atom. The van der Waals surface area contributed by atoms with Crippen molar-refractivity contribution in [2.24, 2.45) is 0 Å². The smallest absolute Gasteiger partial charge is 0.255 e. The van der Waals surface area contributed by atoms with Crippen molar-refractivity contribution in [2.75, 3.05) is 10.6 Å². The summed E-state index contributed by atoms with van der Waals surface area (Å²) in [6, 6.07) is 34.3. The topological polar surface area (TPSA) is 174 Å². The summed E-state index contributed by atoms with van der Waals surface area (Å²) in [5.74, 6) is -1.22. The number of nitrogens with one attached hydrogen (secondary N) is 4. The number of H-pyrrole nitrogens is 2. The molecule has 0 spiro atoms. The first-order chi connectivity index (χ1) is 42.7. The minimum Gasteiger partial charge on any atom is -0.355 e. The molecule has 10 rings (SSSR count). The predicted octanol–water partition coefficient (Wildman–Crippen LogP) is 17.0. The van der Waals surface area contributed by atoms with Gasteiger partial charge in [0.25, 0.3) is 23.6 Å². The monoisotopic (exact) mass is 1190 g/mol. The van der Waals surface area contributed by atoms with Crippen LogP contribution in [0.2, 0.25) is 0 Å². The van der Waals surface area contributed by atoms with Crippen LogP contribution in [0, 0.1) is 6.92 Å². The van der Waals surface area contributed by atoms with E-state index in [0.717, 1.165) is 118 Å². The Hall–Kier alpha value is -9.43. The lowest BCUT2D eigenvalue weighted by Crippen LogP contribution is -2.43. The molecule has 4 aromatic heterocycles. The Kier molecular flexibility index (Phi) is 18.4. The first kappa shape index (κ1) is 62.6. The van der Waals surface area contributed by atoms with Crippen LogP contribution >= 0.6 is 0 Å². The maximum absolute atomic E-state index is 15.2. The van der Waals surface area contributed by atoms with E-state index in [4.69, 9.17) is 9.97 Å². The molecule has 0 radical (unpaired) electrons. The van der Waals surface area contributed by atoms with E-state index in [-0.39, 0.29) is 58.6 Å². The Bertz CT molecular complexity index is 4260. The first-order valence-corrected chi connectivity index (χ1v) is 31.5. The molecular weight excluding hydrogens is 1100 g/mol. The standard InChI is InChI=1S/C75H84N10O4/c1-16-50-37-66-67(58-27-20-22-29-60(58)82-73(87)52-34-53(74(88)84(42(5)6)43(7)8)36-54(35-52)75(89)85(44(9)10)45(11)12)69-46(13)55(17-2)64(78-69)39-65-57(19-4)48(15)71(80-65)68(70-47(14)56(18-3)63(79-70)38-62(50)77-66)59-28-21-23-30-61(59)81-72(86)51-26-24-25-49(33-51)40-83-32-31-76-41-83/h20-39,41-45,77,80H,16-19,40H2,1-15H3,(H,81,86)(H,82,87). The van der Waals surface area contributed by atoms with Crippen molar-refractivity contribution in [1.29, 1.82) is 0 Å². The third kappa shape index (κ3) is 12.3. The van der Waals surface area contributed by atoms with Crippen LogP contribution in [0.5, 0.6) is 0 Å². The SMILES string of the molecule is CCC1=C(C)c2nc1cc1[nH]c(c(C)c1CC)c(-c1ccccc1NC(=O)c1cccc(Cn3ccnc3)c1)c1nc(cc3[nH]c(cc3CC)c2-c2ccccc2NC(=O)c2cc(C(=O)N(C(C)C)C(C)C)cc(C(=O)N(C(C)C)C(C)C)c2)C(CC)=C1C. The van der Waals surface area contributed by atoms with Gasteiger partial charge in [-0.3, -0.25) is 19.2 Å². The van der Waals surface area contributed by atoms with Crippen molar-refractivity contribution in [3.63, 3.8) is 0 Å². The number of aryl methyl sites for hydroxylation is 3. The highest BCUT2D eigenvalue weighted by molar-refractivity contribution is 6.13. The zero-order valence-corrected chi connectivity index (χ0v) is 54.3. The molecule has 6 heterocycles. The summed E-state index contributed by atoms with van der Waals surface area (Å²) in [5.41, 5.74) is 20.9. The highest BCUT2D eigenvalue weighted by Gasteiger charge is 2.30. The lowest BCUT2D eigenvalue weighted by Gasteiger charge is -2.32. The third-order valence-corrected chi connectivity index (χ3v) is 17.4. The number of benzene rings is 4. The maximum Gasteiger partial charge on any atom is 0.255 e. The van der Waals surface area contributed by atoms with Gasteiger partial charge in [-0.25, -0.2) is 15.0 Å². The van der Waals surface area contributed by atoms with E-state index in [9.17, 15) is 14.4 Å². The highest BCUT2D eigenvalue weighted by Crippen LogP contribution is 2.45. The summed E-state index contributed by atoms with van der Waals surface area (Å²) in [6.45, 7) is 31.4. The molecule has 8 aromatic rings. The fraction of sp³-hybridized carbons (Fsp3) is 0.320. The number of carbonyl (C=O) groups is 4. The molecule has 4 amide bonds. The van der Waals surface area contributed by atoms with E-state index in [1.807, 2.05) is 133 Å². The molecule has 14 heteroatoms. The number of rotatable bonds is 18. The number of hydrogen-bond donors (Lipinski definition) is 4. The van der Waals surface area contributed by atoms with Crippen molar-refractivity contribution < 1.29 is 19.2 Å². The number of aromatic nitrogens is 6. The molecule has 2 aliphatic rings. The molecule has 0 fully saturated rings. The Morgan fingerprint density at radius 2 is 1.04 bits per heavy atom.